The molecular weight excluding hydrogens is 794 g/mol. The van der Waals surface area contributed by atoms with Gasteiger partial charge in [0.05, 0.1) is 26.7 Å². The zero-order valence-corrected chi connectivity index (χ0v) is 32.6. The number of amides is 2. The molecule has 300 valence electrons. The van der Waals surface area contributed by atoms with Gasteiger partial charge < -0.3 is 19.3 Å². The van der Waals surface area contributed by atoms with Gasteiger partial charge in [0.25, 0.3) is 5.91 Å². The summed E-state index contributed by atoms with van der Waals surface area (Å²) in [5.41, 5.74) is -3.03. The summed E-state index contributed by atoms with van der Waals surface area (Å²) in [6.07, 6.45) is 3.74. The molecule has 7 heterocycles. The average Bonchev–Trinajstić information content (AvgIpc) is 3.96. The molecule has 1 N–H and O–H groups in total. The SMILES string of the molecule is CC(C)(C)OC(=O)Nc1nc2c(-c3ncc4c(N5CCN(C(=O)/C(F)=C/c6nccs6)CC5)nc(OC[C@@]56CCCN5C[C@H](F)C6)nc4c3F)c(F)cc(F)c2s1. The largest absolute Gasteiger partial charge is 0.461 e. The Balaban J connectivity index is 1.15. The number of hydrogen-bond donors (Lipinski definition) is 1. The molecular formula is C37H36F5N9O4S2. The standard InChI is InChI=1S/C37H36F5N9O4S2/c1-36(2,3)55-35(53)48-34-46-29-25(21(39)13-22(40)30(29)57-34)28-26(42)27-20(16-44-28)31(47-33(45-27)54-18-37-5-4-7-51(37)17-19(38)15-37)49-8-10-50(11-9-49)32(52)23(41)14-24-43-6-12-56-24/h6,12-14,16,19H,4-5,7-11,15,17-18H2,1-3H3,(H,46,48,53)/b23-14-/t19-,37+/m1/s1. The molecule has 0 aliphatic carbocycles. The Kier molecular flexibility index (Phi) is 10.2. The van der Waals surface area contributed by atoms with E-state index in [4.69, 9.17) is 9.47 Å². The Labute approximate surface area is 330 Å². The zero-order chi connectivity index (χ0) is 40.2. The minimum absolute atomic E-state index is 0.0321. The van der Waals surface area contributed by atoms with Crippen LogP contribution in [0, 0.1) is 17.5 Å². The Morgan fingerprint density at radius 2 is 1.84 bits per heavy atom. The van der Waals surface area contributed by atoms with Gasteiger partial charge in [-0.2, -0.15) is 9.97 Å². The minimum Gasteiger partial charge on any atom is -0.461 e. The van der Waals surface area contributed by atoms with Gasteiger partial charge in [-0.15, -0.1) is 11.3 Å². The van der Waals surface area contributed by atoms with Gasteiger partial charge >= 0.3 is 12.1 Å². The molecule has 5 aromatic rings. The highest BCUT2D eigenvalue weighted by Gasteiger charge is 2.49. The van der Waals surface area contributed by atoms with Crippen molar-refractivity contribution in [2.24, 2.45) is 0 Å². The Bertz CT molecular complexity index is 2400. The van der Waals surface area contributed by atoms with E-state index in [-0.39, 0.29) is 83.8 Å². The summed E-state index contributed by atoms with van der Waals surface area (Å²) >= 11 is 1.89. The van der Waals surface area contributed by atoms with Crippen LogP contribution >= 0.6 is 22.7 Å². The van der Waals surface area contributed by atoms with E-state index < -0.39 is 63.8 Å². The summed E-state index contributed by atoms with van der Waals surface area (Å²) in [5.74, 6) is -4.81. The van der Waals surface area contributed by atoms with Crippen LogP contribution < -0.4 is 15.0 Å². The molecule has 2 amide bonds. The minimum atomic E-state index is -1.16. The number of carbonyl (C=O) groups excluding carboxylic acids is 2. The van der Waals surface area contributed by atoms with Crippen LogP contribution in [0.3, 0.4) is 0 Å². The molecule has 0 radical (unpaired) electrons. The van der Waals surface area contributed by atoms with Gasteiger partial charge in [-0.1, -0.05) is 11.3 Å². The van der Waals surface area contributed by atoms with E-state index in [9.17, 15) is 18.4 Å². The third-order valence-electron chi connectivity index (χ3n) is 10.1. The number of anilines is 2. The van der Waals surface area contributed by atoms with Crippen molar-refractivity contribution >= 4 is 72.8 Å². The molecule has 3 aliphatic rings. The molecule has 13 nitrogen and oxygen atoms in total. The number of thiazole rings is 2. The number of halogens is 5. The maximum atomic E-state index is 16.9. The number of pyridine rings is 1. The topological polar surface area (TPSA) is 139 Å². The molecule has 0 unspecified atom stereocenters. The summed E-state index contributed by atoms with van der Waals surface area (Å²) in [5, 5.41) is 4.43. The van der Waals surface area contributed by atoms with E-state index in [1.165, 1.54) is 28.6 Å². The molecule has 3 saturated heterocycles. The predicted molar refractivity (Wildman–Crippen MR) is 204 cm³/mol. The van der Waals surface area contributed by atoms with Crippen molar-refractivity contribution in [3.63, 3.8) is 0 Å². The second-order valence-electron chi connectivity index (χ2n) is 15.1. The number of carbonyl (C=O) groups is 2. The molecule has 3 fully saturated rings. The molecule has 2 atom stereocenters. The molecule has 3 aliphatic heterocycles. The monoisotopic (exact) mass is 829 g/mol. The summed E-state index contributed by atoms with van der Waals surface area (Å²) in [6.45, 7) is 6.48. The first-order valence-corrected chi connectivity index (χ1v) is 19.9. The van der Waals surface area contributed by atoms with Crippen LogP contribution in [-0.2, 0) is 9.53 Å². The van der Waals surface area contributed by atoms with Crippen molar-refractivity contribution in [3.05, 3.63) is 52.1 Å². The molecule has 8 rings (SSSR count). The van der Waals surface area contributed by atoms with Crippen LogP contribution in [-0.4, -0.2) is 110 Å². The third-order valence-corrected chi connectivity index (χ3v) is 11.8. The van der Waals surface area contributed by atoms with Crippen LogP contribution in [0.4, 0.5) is 37.7 Å². The molecule has 20 heteroatoms. The van der Waals surface area contributed by atoms with E-state index in [1.807, 2.05) is 4.90 Å². The maximum Gasteiger partial charge on any atom is 0.413 e. The fourth-order valence-corrected chi connectivity index (χ4v) is 9.00. The average molecular weight is 830 g/mol. The number of benzene rings is 1. The van der Waals surface area contributed by atoms with Crippen molar-refractivity contribution in [2.75, 3.05) is 56.1 Å². The van der Waals surface area contributed by atoms with Gasteiger partial charge in [0.15, 0.2) is 16.8 Å². The lowest BCUT2D eigenvalue weighted by Crippen LogP contribution is -2.49. The molecule has 57 heavy (non-hydrogen) atoms. The van der Waals surface area contributed by atoms with Crippen LogP contribution in [0.2, 0.25) is 0 Å². The third kappa shape index (κ3) is 7.69. The second-order valence-corrected chi connectivity index (χ2v) is 17.0. The van der Waals surface area contributed by atoms with Crippen LogP contribution in [0.25, 0.3) is 38.5 Å². The van der Waals surface area contributed by atoms with Crippen LogP contribution in [0.1, 0.15) is 45.0 Å². The number of alkyl halides is 1. The lowest BCUT2D eigenvalue weighted by Gasteiger charge is -2.35. The van der Waals surface area contributed by atoms with Crippen LogP contribution in [0.15, 0.2) is 29.7 Å². The number of piperazine rings is 1. The highest BCUT2D eigenvalue weighted by molar-refractivity contribution is 7.22. The summed E-state index contributed by atoms with van der Waals surface area (Å²) < 4.78 is 88.5. The number of fused-ring (bicyclic) bond motifs is 3. The van der Waals surface area contributed by atoms with Crippen molar-refractivity contribution in [1.29, 1.82) is 0 Å². The zero-order valence-electron chi connectivity index (χ0n) is 31.0. The first kappa shape index (κ1) is 38.8. The fraction of sp³-hybridized carbons (Fsp3) is 0.432. The second kappa shape index (κ2) is 15.0. The number of hydrogen-bond acceptors (Lipinski definition) is 13. The van der Waals surface area contributed by atoms with Gasteiger partial charge in [-0.25, -0.2) is 36.7 Å². The summed E-state index contributed by atoms with van der Waals surface area (Å²) in [6, 6.07) is 0.357. The Morgan fingerprint density at radius 3 is 2.58 bits per heavy atom. The highest BCUT2D eigenvalue weighted by Crippen LogP contribution is 2.42. The van der Waals surface area contributed by atoms with Crippen molar-refractivity contribution in [2.45, 2.75) is 57.3 Å². The molecule has 0 spiro atoms. The molecule has 1 aromatic carbocycles. The van der Waals surface area contributed by atoms with E-state index >= 15 is 13.2 Å². The van der Waals surface area contributed by atoms with E-state index in [0.29, 0.717) is 35.4 Å². The number of ether oxygens (including phenoxy) is 2. The number of aromatic nitrogens is 5. The summed E-state index contributed by atoms with van der Waals surface area (Å²) in [7, 11) is 0. The number of nitrogens with zero attached hydrogens (tertiary/aromatic N) is 8. The van der Waals surface area contributed by atoms with E-state index in [0.717, 1.165) is 12.5 Å². The maximum absolute atomic E-state index is 16.9. The van der Waals surface area contributed by atoms with Crippen molar-refractivity contribution in [1.82, 2.24) is 34.7 Å². The summed E-state index contributed by atoms with van der Waals surface area (Å²) in [4.78, 5) is 52.1. The fourth-order valence-electron chi connectivity index (χ4n) is 7.58. The first-order chi connectivity index (χ1) is 27.2. The first-order valence-electron chi connectivity index (χ1n) is 18.2. The highest BCUT2D eigenvalue weighted by atomic mass is 32.1. The normalized spacial score (nSPS) is 20.4. The van der Waals surface area contributed by atoms with Gasteiger partial charge in [0.2, 0.25) is 0 Å². The van der Waals surface area contributed by atoms with Crippen LogP contribution in [0.5, 0.6) is 6.01 Å². The molecule has 0 saturated carbocycles. The quantitative estimate of drug-likeness (QED) is 0.126. The number of nitrogens with one attached hydrogen (secondary N) is 1. The lowest BCUT2D eigenvalue weighted by atomic mass is 9.95. The molecule has 4 aromatic heterocycles. The van der Waals surface area contributed by atoms with Crippen molar-refractivity contribution in [3.8, 4) is 17.3 Å². The number of rotatable bonds is 8. The van der Waals surface area contributed by atoms with Crippen molar-refractivity contribution < 1.29 is 41.0 Å². The van der Waals surface area contributed by atoms with Gasteiger partial charge in [0.1, 0.15) is 52.1 Å². The van der Waals surface area contributed by atoms with Gasteiger partial charge in [-0.3, -0.25) is 20.0 Å². The Hall–Kier alpha value is -5.08. The predicted octanol–water partition coefficient (Wildman–Crippen LogP) is 7.14. The van der Waals surface area contributed by atoms with E-state index in [2.05, 4.69) is 30.2 Å². The van der Waals surface area contributed by atoms with Gasteiger partial charge in [0, 0.05) is 69.1 Å². The lowest BCUT2D eigenvalue weighted by molar-refractivity contribution is -0.128. The smallest absolute Gasteiger partial charge is 0.413 e. The van der Waals surface area contributed by atoms with Gasteiger partial charge in [-0.05, 0) is 40.2 Å². The van der Waals surface area contributed by atoms with E-state index in [1.54, 1.807) is 31.1 Å². The molecule has 0 bridgehead atoms. The Morgan fingerprint density at radius 1 is 1.05 bits per heavy atom.